The molecule has 2 atom stereocenters. The van der Waals surface area contributed by atoms with E-state index in [4.69, 9.17) is 4.74 Å². The fourth-order valence-electron chi connectivity index (χ4n) is 6.71. The van der Waals surface area contributed by atoms with Gasteiger partial charge in [-0.2, -0.15) is 0 Å². The van der Waals surface area contributed by atoms with E-state index in [-0.39, 0.29) is 24.0 Å². The van der Waals surface area contributed by atoms with Crippen LogP contribution in [0.25, 0.3) is 0 Å². The maximum absolute atomic E-state index is 13.3. The number of hydrogen-bond donors (Lipinski definition) is 1. The van der Waals surface area contributed by atoms with Crippen molar-refractivity contribution < 1.29 is 23.9 Å². The number of ether oxygens (including phenoxy) is 1. The average Bonchev–Trinajstić information content (AvgIpc) is 3.23. The van der Waals surface area contributed by atoms with Crippen LogP contribution in [0.15, 0.2) is 42.5 Å². The number of amides is 4. The van der Waals surface area contributed by atoms with Crippen molar-refractivity contribution in [1.29, 1.82) is 0 Å². The quantitative estimate of drug-likeness (QED) is 0.521. The van der Waals surface area contributed by atoms with Crippen LogP contribution in [0, 0.1) is 5.92 Å². The van der Waals surface area contributed by atoms with Gasteiger partial charge in [-0.05, 0) is 93.9 Å². The molecule has 0 spiro atoms. The zero-order chi connectivity index (χ0) is 28.5. The van der Waals surface area contributed by atoms with Crippen LogP contribution in [0.1, 0.15) is 76.3 Å². The summed E-state index contributed by atoms with van der Waals surface area (Å²) in [6, 6.07) is 13.2. The second-order valence-electron chi connectivity index (χ2n) is 12.0. The Bertz CT molecular complexity index is 1330. The summed E-state index contributed by atoms with van der Waals surface area (Å²) in [5, 5.41) is 2.23. The zero-order valence-electron chi connectivity index (χ0n) is 23.6. The van der Waals surface area contributed by atoms with E-state index in [0.717, 1.165) is 43.9 Å². The van der Waals surface area contributed by atoms with Gasteiger partial charge in [0.25, 0.3) is 11.8 Å². The topological polar surface area (TPSA) is 99.3 Å². The molecular formula is C32H38N4O5. The lowest BCUT2D eigenvalue weighted by Gasteiger charge is -2.32. The van der Waals surface area contributed by atoms with Crippen LogP contribution in [0.2, 0.25) is 0 Å². The molecule has 2 aromatic carbocycles. The molecule has 0 radical (unpaired) electrons. The van der Waals surface area contributed by atoms with Crippen LogP contribution >= 0.6 is 0 Å². The Morgan fingerprint density at radius 1 is 0.902 bits per heavy atom. The maximum Gasteiger partial charge on any atom is 0.266 e. The lowest BCUT2D eigenvalue weighted by atomic mass is 9.90. The van der Waals surface area contributed by atoms with E-state index in [0.29, 0.717) is 24.2 Å². The number of piperidine rings is 3. The highest BCUT2D eigenvalue weighted by Gasteiger charge is 2.46. The third-order valence-corrected chi connectivity index (χ3v) is 9.09. The molecule has 6 rings (SSSR count). The van der Waals surface area contributed by atoms with Crippen LogP contribution in [-0.2, 0) is 16.1 Å². The van der Waals surface area contributed by atoms with Crippen molar-refractivity contribution in [3.05, 3.63) is 64.7 Å². The van der Waals surface area contributed by atoms with Gasteiger partial charge in [0.2, 0.25) is 11.8 Å². The maximum atomic E-state index is 13.3. The van der Waals surface area contributed by atoms with Gasteiger partial charge in [-0.25, -0.2) is 0 Å². The van der Waals surface area contributed by atoms with E-state index >= 15 is 0 Å². The Balaban J connectivity index is 1.01. The summed E-state index contributed by atoms with van der Waals surface area (Å²) < 4.78 is 6.14. The molecule has 3 saturated heterocycles. The number of nitrogens with one attached hydrogen (secondary N) is 1. The third kappa shape index (κ3) is 5.78. The Labute approximate surface area is 240 Å². The van der Waals surface area contributed by atoms with Gasteiger partial charge in [-0.3, -0.25) is 34.3 Å². The minimum atomic E-state index is -0.984. The van der Waals surface area contributed by atoms with Crippen molar-refractivity contribution in [2.45, 2.75) is 57.0 Å². The summed E-state index contributed by atoms with van der Waals surface area (Å²) in [5.74, 6) is -0.688. The van der Waals surface area contributed by atoms with E-state index in [9.17, 15) is 19.2 Å². The molecule has 0 aliphatic carbocycles. The summed E-state index contributed by atoms with van der Waals surface area (Å²) in [6.45, 7) is 5.72. The molecule has 0 bridgehead atoms. The number of rotatable bonds is 7. The minimum Gasteiger partial charge on any atom is -0.492 e. The minimum absolute atomic E-state index is 0.0927. The lowest BCUT2D eigenvalue weighted by molar-refractivity contribution is -0.136. The SMILES string of the molecule is CN1CCC[C@@H](c2ccc(CN3CCC(COc4cccc5c4C(=O)N(C4CCC(=O)NC4=O)C5=O)CC3)cc2)C1. The Morgan fingerprint density at radius 3 is 2.41 bits per heavy atom. The third-order valence-electron chi connectivity index (χ3n) is 9.09. The fraction of sp³-hybridized carbons (Fsp3) is 0.500. The van der Waals surface area contributed by atoms with Crippen LogP contribution in [-0.4, -0.2) is 84.2 Å². The molecule has 1 N–H and O–H groups in total. The molecule has 4 heterocycles. The molecule has 3 fully saturated rings. The standard InChI is InChI=1S/C32H38N4O5/c1-34-15-3-4-24(19-34)23-9-7-21(8-10-23)18-35-16-13-22(14-17-35)20-41-27-6-2-5-25-29(27)32(40)36(31(25)39)26-11-12-28(37)33-30(26)38/h2,5-10,22,24,26H,3-4,11-20H2,1H3,(H,33,37,38)/t24-,26?/m1/s1. The number of likely N-dealkylation sites (tertiary alicyclic amines) is 2. The molecule has 1 unspecified atom stereocenters. The number of hydrogen-bond acceptors (Lipinski definition) is 7. The van der Waals surface area contributed by atoms with Crippen LogP contribution in [0.4, 0.5) is 0 Å². The van der Waals surface area contributed by atoms with Crippen molar-refractivity contribution in [3.8, 4) is 5.75 Å². The fourth-order valence-corrected chi connectivity index (χ4v) is 6.71. The molecular weight excluding hydrogens is 520 g/mol. The highest BCUT2D eigenvalue weighted by Crippen LogP contribution is 2.34. The molecule has 9 nitrogen and oxygen atoms in total. The summed E-state index contributed by atoms with van der Waals surface area (Å²) >= 11 is 0. The Kier molecular flexibility index (Phi) is 7.90. The van der Waals surface area contributed by atoms with Crippen LogP contribution in [0.5, 0.6) is 5.75 Å². The van der Waals surface area contributed by atoms with Crippen molar-refractivity contribution in [1.82, 2.24) is 20.0 Å². The average molecular weight is 559 g/mol. The number of carbonyl (C=O) groups excluding carboxylic acids is 4. The van der Waals surface area contributed by atoms with E-state index in [1.54, 1.807) is 18.2 Å². The van der Waals surface area contributed by atoms with Crippen molar-refractivity contribution in [2.24, 2.45) is 5.92 Å². The van der Waals surface area contributed by atoms with Gasteiger partial charge in [0.1, 0.15) is 11.8 Å². The first-order valence-electron chi connectivity index (χ1n) is 14.8. The van der Waals surface area contributed by atoms with Crippen molar-refractivity contribution in [3.63, 3.8) is 0 Å². The van der Waals surface area contributed by atoms with E-state index in [2.05, 4.69) is 46.4 Å². The molecule has 216 valence electrons. The number of fused-ring (bicyclic) bond motifs is 1. The summed E-state index contributed by atoms with van der Waals surface area (Å²) in [6.07, 6.45) is 4.76. The zero-order valence-corrected chi connectivity index (χ0v) is 23.6. The van der Waals surface area contributed by atoms with E-state index < -0.39 is 29.7 Å². The second kappa shape index (κ2) is 11.7. The van der Waals surface area contributed by atoms with E-state index in [1.807, 2.05) is 0 Å². The smallest absolute Gasteiger partial charge is 0.266 e. The van der Waals surface area contributed by atoms with Gasteiger partial charge in [0.15, 0.2) is 0 Å². The molecule has 4 aliphatic heterocycles. The molecule has 9 heteroatoms. The van der Waals surface area contributed by atoms with Gasteiger partial charge in [0.05, 0.1) is 17.7 Å². The highest BCUT2D eigenvalue weighted by molar-refractivity contribution is 6.24. The van der Waals surface area contributed by atoms with Gasteiger partial charge < -0.3 is 9.64 Å². The number of nitrogens with zero attached hydrogens (tertiary/aromatic N) is 3. The molecule has 0 saturated carbocycles. The van der Waals surface area contributed by atoms with Crippen LogP contribution in [0.3, 0.4) is 0 Å². The van der Waals surface area contributed by atoms with Gasteiger partial charge in [-0.1, -0.05) is 30.3 Å². The molecule has 41 heavy (non-hydrogen) atoms. The molecule has 4 amide bonds. The van der Waals surface area contributed by atoms with Gasteiger partial charge >= 0.3 is 0 Å². The predicted molar refractivity (Wildman–Crippen MR) is 153 cm³/mol. The second-order valence-corrected chi connectivity index (χ2v) is 12.0. The largest absolute Gasteiger partial charge is 0.492 e. The van der Waals surface area contributed by atoms with Crippen LogP contribution < -0.4 is 10.1 Å². The number of carbonyl (C=O) groups is 4. The van der Waals surface area contributed by atoms with Crippen molar-refractivity contribution >= 4 is 23.6 Å². The summed E-state index contributed by atoms with van der Waals surface area (Å²) in [5.41, 5.74) is 3.25. The summed E-state index contributed by atoms with van der Waals surface area (Å²) in [4.78, 5) is 56.2. The van der Waals surface area contributed by atoms with Gasteiger partial charge in [-0.15, -0.1) is 0 Å². The molecule has 2 aromatic rings. The number of likely N-dealkylation sites (N-methyl/N-ethyl adjacent to an activating group) is 1. The molecule has 4 aliphatic rings. The van der Waals surface area contributed by atoms with Crippen molar-refractivity contribution in [2.75, 3.05) is 39.8 Å². The highest BCUT2D eigenvalue weighted by atomic mass is 16.5. The number of imide groups is 2. The van der Waals surface area contributed by atoms with Gasteiger partial charge in [0, 0.05) is 19.5 Å². The first kappa shape index (κ1) is 27.6. The first-order chi connectivity index (χ1) is 19.9. The monoisotopic (exact) mass is 558 g/mol. The predicted octanol–water partition coefficient (Wildman–Crippen LogP) is 3.19. The summed E-state index contributed by atoms with van der Waals surface area (Å²) in [7, 11) is 2.21. The Morgan fingerprint density at radius 2 is 1.68 bits per heavy atom. The van der Waals surface area contributed by atoms with E-state index in [1.165, 1.54) is 30.5 Å². The Hall–Kier alpha value is -3.56. The number of benzene rings is 2. The lowest BCUT2D eigenvalue weighted by Crippen LogP contribution is -2.54. The first-order valence-corrected chi connectivity index (χ1v) is 14.8. The normalized spacial score (nSPS) is 24.5. The molecule has 0 aromatic heterocycles.